The predicted octanol–water partition coefficient (Wildman–Crippen LogP) is 1.76. The number of methoxy groups -OCH3 is 1. The Morgan fingerprint density at radius 1 is 1.64 bits per heavy atom. The van der Waals surface area contributed by atoms with Gasteiger partial charge in [-0.05, 0) is 22.0 Å². The number of hydrogen-bond acceptors (Lipinski definition) is 3. The van der Waals surface area contributed by atoms with Crippen LogP contribution in [0.1, 0.15) is 11.6 Å². The van der Waals surface area contributed by atoms with Crippen LogP contribution in [0.25, 0.3) is 0 Å². The SMILES string of the molecule is COC(=O)[C@H](N)c1cccc(Br)c1F. The lowest BCUT2D eigenvalue weighted by Crippen LogP contribution is -2.23. The molecule has 1 aromatic rings. The molecule has 0 unspecified atom stereocenters. The van der Waals surface area contributed by atoms with Crippen LogP contribution >= 0.6 is 15.9 Å². The van der Waals surface area contributed by atoms with E-state index >= 15 is 0 Å². The third-order valence-electron chi connectivity index (χ3n) is 1.77. The molecule has 0 saturated carbocycles. The van der Waals surface area contributed by atoms with Crippen LogP contribution in [0.15, 0.2) is 22.7 Å². The standard InChI is InChI=1S/C9H9BrFNO2/c1-14-9(13)8(12)5-3-2-4-6(10)7(5)11/h2-4,8H,12H2,1H3/t8-/m1/s1. The lowest BCUT2D eigenvalue weighted by Gasteiger charge is -2.10. The van der Waals surface area contributed by atoms with Gasteiger partial charge >= 0.3 is 5.97 Å². The maximum Gasteiger partial charge on any atom is 0.327 e. The molecular weight excluding hydrogens is 253 g/mol. The number of hydrogen-bond donors (Lipinski definition) is 1. The molecule has 0 aliphatic heterocycles. The molecule has 1 aromatic carbocycles. The average molecular weight is 262 g/mol. The van der Waals surface area contributed by atoms with Gasteiger partial charge in [0.15, 0.2) is 0 Å². The van der Waals surface area contributed by atoms with E-state index < -0.39 is 17.8 Å². The van der Waals surface area contributed by atoms with E-state index in [9.17, 15) is 9.18 Å². The number of esters is 1. The second kappa shape index (κ2) is 4.52. The maximum atomic E-state index is 13.4. The Labute approximate surface area is 89.2 Å². The molecule has 0 bridgehead atoms. The fraction of sp³-hybridized carbons (Fsp3) is 0.222. The highest BCUT2D eigenvalue weighted by atomic mass is 79.9. The number of benzene rings is 1. The first-order chi connectivity index (χ1) is 6.57. The Kier molecular flexibility index (Phi) is 3.60. The molecule has 0 amide bonds. The van der Waals surface area contributed by atoms with Crippen LogP contribution in [0.3, 0.4) is 0 Å². The molecule has 0 saturated heterocycles. The summed E-state index contributed by atoms with van der Waals surface area (Å²) in [6.07, 6.45) is 0. The van der Waals surface area contributed by atoms with Crippen LogP contribution in [0, 0.1) is 5.82 Å². The first-order valence-electron chi connectivity index (χ1n) is 3.85. The van der Waals surface area contributed by atoms with Gasteiger partial charge in [-0.3, -0.25) is 4.79 Å². The molecule has 5 heteroatoms. The van der Waals surface area contributed by atoms with Crippen molar-refractivity contribution in [3.05, 3.63) is 34.1 Å². The normalized spacial score (nSPS) is 12.3. The van der Waals surface area contributed by atoms with Gasteiger partial charge in [-0.2, -0.15) is 0 Å². The summed E-state index contributed by atoms with van der Waals surface area (Å²) in [5.41, 5.74) is 5.60. The van der Waals surface area contributed by atoms with Gasteiger partial charge in [0.2, 0.25) is 0 Å². The van der Waals surface area contributed by atoms with Gasteiger partial charge in [0.25, 0.3) is 0 Å². The minimum absolute atomic E-state index is 0.117. The smallest absolute Gasteiger partial charge is 0.327 e. The van der Waals surface area contributed by atoms with Crippen molar-refractivity contribution in [2.24, 2.45) is 5.73 Å². The summed E-state index contributed by atoms with van der Waals surface area (Å²) in [6, 6.07) is 3.49. The number of nitrogens with two attached hydrogens (primary N) is 1. The molecule has 0 fully saturated rings. The third-order valence-corrected chi connectivity index (χ3v) is 2.38. The van der Waals surface area contributed by atoms with Crippen molar-refractivity contribution in [1.82, 2.24) is 0 Å². The molecule has 76 valence electrons. The van der Waals surface area contributed by atoms with Crippen molar-refractivity contribution < 1.29 is 13.9 Å². The van der Waals surface area contributed by atoms with Gasteiger partial charge < -0.3 is 10.5 Å². The first-order valence-corrected chi connectivity index (χ1v) is 4.64. The third kappa shape index (κ3) is 2.10. The van der Waals surface area contributed by atoms with Crippen LogP contribution in [0.4, 0.5) is 4.39 Å². The topological polar surface area (TPSA) is 52.3 Å². The van der Waals surface area contributed by atoms with Gasteiger partial charge in [-0.15, -0.1) is 0 Å². The molecule has 0 radical (unpaired) electrons. The summed E-state index contributed by atoms with van der Waals surface area (Å²) in [4.78, 5) is 11.0. The number of carbonyl (C=O) groups excluding carboxylic acids is 1. The van der Waals surface area contributed by atoms with E-state index in [1.165, 1.54) is 19.2 Å². The molecule has 0 spiro atoms. The highest BCUT2D eigenvalue weighted by molar-refractivity contribution is 9.10. The van der Waals surface area contributed by atoms with Crippen LogP contribution in [0.5, 0.6) is 0 Å². The predicted molar refractivity (Wildman–Crippen MR) is 53.0 cm³/mol. The Balaban J connectivity index is 3.07. The molecule has 2 N–H and O–H groups in total. The lowest BCUT2D eigenvalue weighted by molar-refractivity contribution is -0.142. The van der Waals surface area contributed by atoms with E-state index in [1.54, 1.807) is 6.07 Å². The zero-order valence-corrected chi connectivity index (χ0v) is 9.05. The van der Waals surface area contributed by atoms with Crippen LogP contribution in [-0.2, 0) is 9.53 Å². The van der Waals surface area contributed by atoms with E-state index in [4.69, 9.17) is 5.73 Å². The van der Waals surface area contributed by atoms with Gasteiger partial charge in [0.1, 0.15) is 11.9 Å². The van der Waals surface area contributed by atoms with E-state index in [-0.39, 0.29) is 10.0 Å². The summed E-state index contributed by atoms with van der Waals surface area (Å²) < 4.78 is 18.1. The second-order valence-electron chi connectivity index (χ2n) is 2.64. The molecule has 0 aliphatic rings. The minimum Gasteiger partial charge on any atom is -0.468 e. The minimum atomic E-state index is -1.09. The van der Waals surface area contributed by atoms with Crippen molar-refractivity contribution in [2.45, 2.75) is 6.04 Å². The van der Waals surface area contributed by atoms with Gasteiger partial charge in [-0.1, -0.05) is 12.1 Å². The number of rotatable bonds is 2. The summed E-state index contributed by atoms with van der Waals surface area (Å²) in [5.74, 6) is -1.20. The van der Waals surface area contributed by atoms with Crippen LogP contribution in [0.2, 0.25) is 0 Å². The van der Waals surface area contributed by atoms with Crippen molar-refractivity contribution in [1.29, 1.82) is 0 Å². The maximum absolute atomic E-state index is 13.4. The van der Waals surface area contributed by atoms with E-state index in [1.807, 2.05) is 0 Å². The van der Waals surface area contributed by atoms with Crippen molar-refractivity contribution >= 4 is 21.9 Å². The molecular formula is C9H9BrFNO2. The summed E-state index contributed by atoms with van der Waals surface area (Å²) >= 11 is 3.00. The molecule has 0 aliphatic carbocycles. The molecule has 1 atom stereocenters. The van der Waals surface area contributed by atoms with Gasteiger partial charge in [-0.25, -0.2) is 4.39 Å². The Hall–Kier alpha value is -0.940. The van der Waals surface area contributed by atoms with Crippen LogP contribution in [-0.4, -0.2) is 13.1 Å². The highest BCUT2D eigenvalue weighted by Gasteiger charge is 2.20. The number of carbonyl (C=O) groups is 1. The molecule has 0 heterocycles. The quantitative estimate of drug-likeness (QED) is 0.826. The summed E-state index contributed by atoms with van der Waals surface area (Å²) in [7, 11) is 1.21. The van der Waals surface area contributed by atoms with Crippen LogP contribution < -0.4 is 5.73 Å². The van der Waals surface area contributed by atoms with E-state index in [2.05, 4.69) is 20.7 Å². The Bertz CT molecular complexity index is 357. The van der Waals surface area contributed by atoms with Gasteiger partial charge in [0.05, 0.1) is 11.6 Å². The average Bonchev–Trinajstić information content (AvgIpc) is 2.20. The summed E-state index contributed by atoms with van der Waals surface area (Å²) in [6.45, 7) is 0. The Morgan fingerprint density at radius 3 is 2.86 bits per heavy atom. The monoisotopic (exact) mass is 261 g/mol. The van der Waals surface area contributed by atoms with Crippen molar-refractivity contribution in [3.8, 4) is 0 Å². The summed E-state index contributed by atoms with van der Waals surface area (Å²) in [5, 5.41) is 0. The first kappa shape index (κ1) is 11.1. The van der Waals surface area contributed by atoms with Crippen molar-refractivity contribution in [2.75, 3.05) is 7.11 Å². The van der Waals surface area contributed by atoms with Crippen molar-refractivity contribution in [3.63, 3.8) is 0 Å². The van der Waals surface area contributed by atoms with Gasteiger partial charge in [0, 0.05) is 5.56 Å². The fourth-order valence-electron chi connectivity index (χ4n) is 1.01. The van der Waals surface area contributed by atoms with E-state index in [0.29, 0.717) is 0 Å². The molecule has 14 heavy (non-hydrogen) atoms. The molecule has 3 nitrogen and oxygen atoms in total. The highest BCUT2D eigenvalue weighted by Crippen LogP contribution is 2.23. The molecule has 0 aromatic heterocycles. The molecule has 1 rings (SSSR count). The number of halogens is 2. The zero-order valence-electron chi connectivity index (χ0n) is 7.46. The fourth-order valence-corrected chi connectivity index (χ4v) is 1.40. The van der Waals surface area contributed by atoms with E-state index in [0.717, 1.165) is 0 Å². The Morgan fingerprint density at radius 2 is 2.29 bits per heavy atom. The number of ether oxygens (including phenoxy) is 1. The second-order valence-corrected chi connectivity index (χ2v) is 3.50. The largest absolute Gasteiger partial charge is 0.468 e. The zero-order chi connectivity index (χ0) is 10.7. The lowest BCUT2D eigenvalue weighted by atomic mass is 10.1.